The Hall–Kier alpha value is -2.36. The standard InChI is InChI=1S/C26H24ClFN2O3S2/c1-26(2,31)16-11-12-29-21(14-16)18-6-3-5-15-13-22(34-25(15)18)24(30-35(32,33)17-9-10-17)23-19(27)7-4-8-20(23)28/h3-8,11-14,17,24,30-31H,9-10H2,1-2H3. The lowest BCUT2D eigenvalue weighted by molar-refractivity contribution is 0.0785. The van der Waals surface area contributed by atoms with Crippen molar-refractivity contribution in [3.63, 3.8) is 0 Å². The Balaban J connectivity index is 1.66. The van der Waals surface area contributed by atoms with Crippen molar-refractivity contribution < 1.29 is 17.9 Å². The number of hydrogen-bond acceptors (Lipinski definition) is 5. The van der Waals surface area contributed by atoms with Gasteiger partial charge in [-0.2, -0.15) is 0 Å². The third-order valence-electron chi connectivity index (χ3n) is 6.12. The first kappa shape index (κ1) is 24.3. The van der Waals surface area contributed by atoms with E-state index < -0.39 is 32.7 Å². The van der Waals surface area contributed by atoms with E-state index in [0.717, 1.165) is 21.2 Å². The molecule has 0 saturated heterocycles. The van der Waals surface area contributed by atoms with Crippen molar-refractivity contribution >= 4 is 43.0 Å². The van der Waals surface area contributed by atoms with Gasteiger partial charge in [-0.05, 0) is 68.0 Å². The molecular weight excluding hydrogens is 507 g/mol. The van der Waals surface area contributed by atoms with Crippen molar-refractivity contribution in [2.75, 3.05) is 0 Å². The van der Waals surface area contributed by atoms with Crippen LogP contribution in [-0.4, -0.2) is 23.8 Å². The van der Waals surface area contributed by atoms with Gasteiger partial charge < -0.3 is 5.11 Å². The van der Waals surface area contributed by atoms with E-state index in [0.29, 0.717) is 23.4 Å². The quantitative estimate of drug-likeness (QED) is 0.300. The number of hydrogen-bond donors (Lipinski definition) is 2. The molecule has 2 aromatic heterocycles. The fraction of sp³-hybridized carbons (Fsp3) is 0.269. The Labute approximate surface area is 212 Å². The summed E-state index contributed by atoms with van der Waals surface area (Å²) < 4.78 is 44.4. The molecule has 0 radical (unpaired) electrons. The highest BCUT2D eigenvalue weighted by molar-refractivity contribution is 7.90. The van der Waals surface area contributed by atoms with E-state index in [4.69, 9.17) is 11.6 Å². The van der Waals surface area contributed by atoms with E-state index in [1.165, 1.54) is 23.5 Å². The van der Waals surface area contributed by atoms with Crippen molar-refractivity contribution in [3.8, 4) is 11.3 Å². The largest absolute Gasteiger partial charge is 0.386 e. The van der Waals surface area contributed by atoms with Gasteiger partial charge in [0.05, 0.1) is 22.6 Å². The van der Waals surface area contributed by atoms with Gasteiger partial charge in [0.2, 0.25) is 10.0 Å². The molecule has 1 fully saturated rings. The average Bonchev–Trinajstić information content (AvgIpc) is 3.57. The average molecular weight is 531 g/mol. The van der Waals surface area contributed by atoms with E-state index >= 15 is 0 Å². The molecule has 2 heterocycles. The Bertz CT molecular complexity index is 1510. The number of nitrogens with zero attached hydrogens (tertiary/aromatic N) is 1. The minimum absolute atomic E-state index is 0.105. The second-order valence-electron chi connectivity index (χ2n) is 9.29. The lowest BCUT2D eigenvalue weighted by atomic mass is 9.97. The monoisotopic (exact) mass is 530 g/mol. The van der Waals surface area contributed by atoms with Crippen molar-refractivity contribution in [1.29, 1.82) is 0 Å². The number of benzene rings is 2. The van der Waals surface area contributed by atoms with Crippen LogP contribution in [-0.2, 0) is 15.6 Å². The second-order valence-corrected chi connectivity index (χ2v) is 12.8. The van der Waals surface area contributed by atoms with Crippen LogP contribution >= 0.6 is 22.9 Å². The van der Waals surface area contributed by atoms with Crippen molar-refractivity contribution in [2.45, 2.75) is 43.6 Å². The number of aromatic nitrogens is 1. The Morgan fingerprint density at radius 2 is 1.91 bits per heavy atom. The molecule has 0 bridgehead atoms. The molecule has 9 heteroatoms. The molecule has 1 atom stereocenters. The molecule has 5 rings (SSSR count). The Morgan fingerprint density at radius 3 is 2.60 bits per heavy atom. The molecule has 2 aromatic carbocycles. The van der Waals surface area contributed by atoms with Crippen LogP contribution in [0.3, 0.4) is 0 Å². The summed E-state index contributed by atoms with van der Waals surface area (Å²) in [6.07, 6.45) is 2.83. The van der Waals surface area contributed by atoms with Crippen molar-refractivity contribution in [1.82, 2.24) is 9.71 Å². The van der Waals surface area contributed by atoms with E-state index in [9.17, 15) is 17.9 Å². The van der Waals surface area contributed by atoms with Gasteiger partial charge in [-0.1, -0.05) is 35.9 Å². The predicted octanol–water partition coefficient (Wildman–Crippen LogP) is 6.15. The lowest BCUT2D eigenvalue weighted by Gasteiger charge is -2.20. The van der Waals surface area contributed by atoms with Crippen molar-refractivity contribution in [3.05, 3.63) is 87.6 Å². The number of halogens is 2. The highest BCUT2D eigenvalue weighted by Gasteiger charge is 2.39. The molecule has 182 valence electrons. The topological polar surface area (TPSA) is 79.3 Å². The summed E-state index contributed by atoms with van der Waals surface area (Å²) >= 11 is 7.75. The van der Waals surface area contributed by atoms with E-state index in [1.807, 2.05) is 30.3 Å². The molecule has 4 aromatic rings. The fourth-order valence-electron chi connectivity index (χ4n) is 4.07. The maximum atomic E-state index is 15.0. The zero-order valence-corrected chi connectivity index (χ0v) is 21.5. The Kier molecular flexibility index (Phi) is 6.22. The first-order chi connectivity index (χ1) is 16.5. The molecule has 5 nitrogen and oxygen atoms in total. The number of rotatable bonds is 7. The van der Waals surface area contributed by atoms with E-state index in [2.05, 4.69) is 9.71 Å². The van der Waals surface area contributed by atoms with Crippen LogP contribution in [0, 0.1) is 5.82 Å². The smallest absolute Gasteiger partial charge is 0.215 e. The third kappa shape index (κ3) is 4.86. The van der Waals surface area contributed by atoms with Crippen LogP contribution < -0.4 is 4.72 Å². The van der Waals surface area contributed by atoms with Crippen LogP contribution in [0.2, 0.25) is 5.02 Å². The van der Waals surface area contributed by atoms with Gasteiger partial charge >= 0.3 is 0 Å². The van der Waals surface area contributed by atoms with E-state index in [1.54, 1.807) is 32.2 Å². The predicted molar refractivity (Wildman–Crippen MR) is 139 cm³/mol. The number of pyridine rings is 1. The van der Waals surface area contributed by atoms with Gasteiger partial charge in [-0.25, -0.2) is 17.5 Å². The van der Waals surface area contributed by atoms with Gasteiger partial charge in [-0.3, -0.25) is 4.98 Å². The van der Waals surface area contributed by atoms with Crippen molar-refractivity contribution in [2.24, 2.45) is 0 Å². The molecule has 0 spiro atoms. The normalized spacial score (nSPS) is 15.5. The zero-order chi connectivity index (χ0) is 25.0. The molecule has 1 saturated carbocycles. The van der Waals surface area contributed by atoms with Crippen LogP contribution in [0.5, 0.6) is 0 Å². The van der Waals surface area contributed by atoms with Gasteiger partial charge in [0.1, 0.15) is 5.82 Å². The molecule has 1 unspecified atom stereocenters. The molecule has 35 heavy (non-hydrogen) atoms. The van der Waals surface area contributed by atoms with Crippen LogP contribution in [0.25, 0.3) is 21.3 Å². The summed E-state index contributed by atoms with van der Waals surface area (Å²) in [6, 6.07) is 14.6. The summed E-state index contributed by atoms with van der Waals surface area (Å²) in [5, 5.41) is 11.0. The van der Waals surface area contributed by atoms with Gasteiger partial charge in [0.15, 0.2) is 0 Å². The first-order valence-corrected chi connectivity index (χ1v) is 14.0. The maximum absolute atomic E-state index is 15.0. The van der Waals surface area contributed by atoms with Crippen LogP contribution in [0.15, 0.2) is 60.8 Å². The molecule has 1 aliphatic rings. The summed E-state index contributed by atoms with van der Waals surface area (Å²) in [5.41, 5.74) is 1.33. The maximum Gasteiger partial charge on any atom is 0.215 e. The SMILES string of the molecule is CC(C)(O)c1ccnc(-c2cccc3cc(C(NS(=O)(=O)C4CC4)c4c(F)cccc4Cl)sc23)c1. The fourth-order valence-corrected chi connectivity index (χ4v) is 7.18. The van der Waals surface area contributed by atoms with Gasteiger partial charge in [0, 0.05) is 31.9 Å². The molecule has 0 aliphatic heterocycles. The van der Waals surface area contributed by atoms with Gasteiger partial charge in [0.25, 0.3) is 0 Å². The first-order valence-electron chi connectivity index (χ1n) is 11.2. The van der Waals surface area contributed by atoms with Gasteiger partial charge in [-0.15, -0.1) is 11.3 Å². The lowest BCUT2D eigenvalue weighted by Crippen LogP contribution is -2.32. The minimum atomic E-state index is -3.65. The number of nitrogens with one attached hydrogen (secondary N) is 1. The highest BCUT2D eigenvalue weighted by Crippen LogP contribution is 2.42. The Morgan fingerprint density at radius 1 is 1.17 bits per heavy atom. The van der Waals surface area contributed by atoms with Crippen LogP contribution in [0.4, 0.5) is 4.39 Å². The van der Waals surface area contributed by atoms with E-state index in [-0.39, 0.29) is 10.6 Å². The summed E-state index contributed by atoms with van der Waals surface area (Å²) in [5.74, 6) is -0.571. The number of aliphatic hydroxyl groups is 1. The number of thiophene rings is 1. The third-order valence-corrected chi connectivity index (χ3v) is 9.62. The minimum Gasteiger partial charge on any atom is -0.386 e. The summed E-state index contributed by atoms with van der Waals surface area (Å²) in [4.78, 5) is 5.13. The van der Waals surface area contributed by atoms with Crippen LogP contribution in [0.1, 0.15) is 48.7 Å². The molecule has 2 N–H and O–H groups in total. The summed E-state index contributed by atoms with van der Waals surface area (Å²) in [7, 11) is -3.65. The molecule has 0 amide bonds. The second kappa shape index (κ2) is 8.94. The summed E-state index contributed by atoms with van der Waals surface area (Å²) in [6.45, 7) is 3.43. The zero-order valence-electron chi connectivity index (χ0n) is 19.1. The number of fused-ring (bicyclic) bond motifs is 1. The highest BCUT2D eigenvalue weighted by atomic mass is 35.5. The number of sulfonamides is 1. The molecule has 1 aliphatic carbocycles. The molecular formula is C26H24ClFN2O3S2.